The van der Waals surface area contributed by atoms with Gasteiger partial charge in [0.15, 0.2) is 5.03 Å². The Hall–Kier alpha value is -3.10. The average molecular weight is 423 g/mol. The average Bonchev–Trinajstić information content (AvgIpc) is 3.09. The number of methoxy groups -OCH3 is 2. The number of nitrogens with one attached hydrogen (secondary N) is 2. The van der Waals surface area contributed by atoms with Gasteiger partial charge >= 0.3 is 0 Å². The number of fused-ring (bicyclic) bond motifs is 1. The van der Waals surface area contributed by atoms with Gasteiger partial charge in [0.2, 0.25) is 17.7 Å². The van der Waals surface area contributed by atoms with Crippen LogP contribution in [0.1, 0.15) is 12.0 Å². The standard InChI is InChI=1S/C16H15ClN6O4S/c1-26-13-11(4-3-7-18)14(27-2)20-16(19-13)23-28(24,25)15-10-6-5-9(17)8-12(10)21-22-15/h5-6,8H,3-4H2,1-2H3,(H,21,22)(H,19,20,23). The third-order valence-electron chi connectivity index (χ3n) is 3.78. The first-order valence-electron chi connectivity index (χ1n) is 7.92. The SMILES string of the molecule is COc1nc(NS(=O)(=O)c2[nH]nc3cc(Cl)ccc23)nc(OC)c1CCC#N. The molecule has 0 atom stereocenters. The van der Waals surface area contributed by atoms with Crippen LogP contribution in [0.5, 0.6) is 11.8 Å². The molecule has 146 valence electrons. The molecule has 1 aromatic carbocycles. The van der Waals surface area contributed by atoms with Crippen LogP contribution in [0.25, 0.3) is 10.9 Å². The van der Waals surface area contributed by atoms with Gasteiger partial charge in [0.05, 0.1) is 31.4 Å². The summed E-state index contributed by atoms with van der Waals surface area (Å²) in [4.78, 5) is 8.15. The summed E-state index contributed by atoms with van der Waals surface area (Å²) < 4.78 is 38.3. The number of nitriles is 1. The summed E-state index contributed by atoms with van der Waals surface area (Å²) in [5, 5.41) is 15.9. The van der Waals surface area contributed by atoms with Crippen molar-refractivity contribution in [1.82, 2.24) is 20.2 Å². The van der Waals surface area contributed by atoms with E-state index in [1.165, 1.54) is 14.2 Å². The van der Waals surface area contributed by atoms with Crippen LogP contribution in [0.15, 0.2) is 23.2 Å². The Morgan fingerprint density at radius 2 is 1.93 bits per heavy atom. The normalized spacial score (nSPS) is 11.2. The van der Waals surface area contributed by atoms with Gasteiger partial charge in [-0.05, 0) is 24.6 Å². The fourth-order valence-corrected chi connectivity index (χ4v) is 3.79. The van der Waals surface area contributed by atoms with E-state index >= 15 is 0 Å². The van der Waals surface area contributed by atoms with E-state index in [0.29, 0.717) is 27.9 Å². The quantitative estimate of drug-likeness (QED) is 0.590. The van der Waals surface area contributed by atoms with Gasteiger partial charge in [0.25, 0.3) is 10.0 Å². The lowest BCUT2D eigenvalue weighted by Crippen LogP contribution is -2.17. The predicted octanol–water partition coefficient (Wildman–Crippen LogP) is 2.28. The van der Waals surface area contributed by atoms with Crippen molar-refractivity contribution in [3.05, 3.63) is 28.8 Å². The summed E-state index contributed by atoms with van der Waals surface area (Å²) in [7, 11) is -1.33. The van der Waals surface area contributed by atoms with Gasteiger partial charge < -0.3 is 9.47 Å². The maximum atomic E-state index is 12.8. The second-order valence-electron chi connectivity index (χ2n) is 5.52. The third kappa shape index (κ3) is 3.78. The second kappa shape index (κ2) is 7.87. The number of aromatic nitrogens is 4. The molecule has 0 spiro atoms. The lowest BCUT2D eigenvalue weighted by atomic mass is 10.2. The molecule has 0 aliphatic heterocycles. The van der Waals surface area contributed by atoms with Crippen LogP contribution in [0.4, 0.5) is 5.95 Å². The molecule has 0 aliphatic rings. The zero-order valence-corrected chi connectivity index (χ0v) is 16.4. The number of hydrogen-bond donors (Lipinski definition) is 2. The van der Waals surface area contributed by atoms with Crippen molar-refractivity contribution in [2.75, 3.05) is 18.9 Å². The third-order valence-corrected chi connectivity index (χ3v) is 5.32. The number of H-pyrrole nitrogens is 1. The number of hydrogen-bond acceptors (Lipinski definition) is 8. The maximum absolute atomic E-state index is 12.8. The molecule has 12 heteroatoms. The van der Waals surface area contributed by atoms with E-state index in [1.54, 1.807) is 18.2 Å². The van der Waals surface area contributed by atoms with E-state index < -0.39 is 10.0 Å². The van der Waals surface area contributed by atoms with Crippen LogP contribution >= 0.6 is 11.6 Å². The Bertz CT molecular complexity index is 1150. The van der Waals surface area contributed by atoms with Crippen molar-refractivity contribution in [1.29, 1.82) is 5.26 Å². The number of halogens is 1. The number of ether oxygens (including phenoxy) is 2. The lowest BCUT2D eigenvalue weighted by molar-refractivity contribution is 0.364. The van der Waals surface area contributed by atoms with E-state index in [9.17, 15) is 8.42 Å². The molecule has 0 bridgehead atoms. The van der Waals surface area contributed by atoms with Gasteiger partial charge in [-0.1, -0.05) is 11.6 Å². The zero-order valence-electron chi connectivity index (χ0n) is 14.9. The molecule has 28 heavy (non-hydrogen) atoms. The first-order valence-corrected chi connectivity index (χ1v) is 9.78. The molecule has 0 radical (unpaired) electrons. The van der Waals surface area contributed by atoms with Gasteiger partial charge in [-0.3, -0.25) is 5.10 Å². The molecular formula is C16H15ClN6O4S. The van der Waals surface area contributed by atoms with Crippen molar-refractivity contribution >= 4 is 38.5 Å². The fourth-order valence-electron chi connectivity index (χ4n) is 2.56. The van der Waals surface area contributed by atoms with Crippen molar-refractivity contribution in [3.8, 4) is 17.8 Å². The molecule has 3 rings (SSSR count). The Kier molecular flexibility index (Phi) is 5.53. The van der Waals surface area contributed by atoms with Crippen LogP contribution < -0.4 is 14.2 Å². The molecule has 0 amide bonds. The van der Waals surface area contributed by atoms with Crippen LogP contribution in [0, 0.1) is 11.3 Å². The molecule has 2 N–H and O–H groups in total. The topological polar surface area (TPSA) is 143 Å². The number of nitrogens with zero attached hydrogens (tertiary/aromatic N) is 4. The molecule has 0 aliphatic carbocycles. The first-order chi connectivity index (χ1) is 13.4. The minimum Gasteiger partial charge on any atom is -0.481 e. The van der Waals surface area contributed by atoms with Crippen molar-refractivity contribution < 1.29 is 17.9 Å². The van der Waals surface area contributed by atoms with E-state index in [0.717, 1.165) is 0 Å². The van der Waals surface area contributed by atoms with E-state index in [2.05, 4.69) is 24.9 Å². The lowest BCUT2D eigenvalue weighted by Gasteiger charge is -2.13. The molecular weight excluding hydrogens is 408 g/mol. The monoisotopic (exact) mass is 422 g/mol. The highest BCUT2D eigenvalue weighted by atomic mass is 35.5. The highest BCUT2D eigenvalue weighted by Crippen LogP contribution is 2.29. The number of sulfonamides is 1. The second-order valence-corrected chi connectivity index (χ2v) is 7.58. The summed E-state index contributed by atoms with van der Waals surface area (Å²) in [6, 6.07) is 6.66. The van der Waals surface area contributed by atoms with Crippen molar-refractivity contribution in [3.63, 3.8) is 0 Å². The molecule has 0 fully saturated rings. The molecule has 10 nitrogen and oxygen atoms in total. The molecule has 0 unspecified atom stereocenters. The number of rotatable bonds is 7. The van der Waals surface area contributed by atoms with Gasteiger partial charge in [0.1, 0.15) is 0 Å². The van der Waals surface area contributed by atoms with Crippen LogP contribution in [0.3, 0.4) is 0 Å². The Morgan fingerprint density at radius 3 is 2.54 bits per heavy atom. The summed E-state index contributed by atoms with van der Waals surface area (Å²) in [5.74, 6) is -0.0202. The predicted molar refractivity (Wildman–Crippen MR) is 101 cm³/mol. The molecule has 2 aromatic heterocycles. The van der Waals surface area contributed by atoms with E-state index in [-0.39, 0.29) is 29.2 Å². The van der Waals surface area contributed by atoms with Gasteiger partial charge in [-0.2, -0.15) is 28.7 Å². The van der Waals surface area contributed by atoms with Crippen molar-refractivity contribution in [2.45, 2.75) is 17.9 Å². The Morgan fingerprint density at radius 1 is 1.25 bits per heavy atom. The smallest absolute Gasteiger partial charge is 0.281 e. The van der Waals surface area contributed by atoms with Gasteiger partial charge in [0, 0.05) is 16.8 Å². The number of anilines is 1. The summed E-state index contributed by atoms with van der Waals surface area (Å²) in [5.41, 5.74) is 0.868. The highest BCUT2D eigenvalue weighted by molar-refractivity contribution is 7.92. The molecule has 0 saturated carbocycles. The van der Waals surface area contributed by atoms with Crippen LogP contribution in [-0.4, -0.2) is 42.8 Å². The van der Waals surface area contributed by atoms with Gasteiger partial charge in [-0.25, -0.2) is 4.72 Å². The zero-order chi connectivity index (χ0) is 20.3. The van der Waals surface area contributed by atoms with Crippen LogP contribution in [0.2, 0.25) is 5.02 Å². The molecule has 0 saturated heterocycles. The minimum atomic E-state index is -4.09. The fraction of sp³-hybridized carbons (Fsp3) is 0.250. The summed E-state index contributed by atoms with van der Waals surface area (Å²) in [6.45, 7) is 0. The highest BCUT2D eigenvalue weighted by Gasteiger charge is 2.24. The number of aromatic amines is 1. The first kappa shape index (κ1) is 19.7. The van der Waals surface area contributed by atoms with Crippen LogP contribution in [-0.2, 0) is 16.4 Å². The number of benzene rings is 1. The Balaban J connectivity index is 2.00. The largest absolute Gasteiger partial charge is 0.481 e. The summed E-state index contributed by atoms with van der Waals surface area (Å²) >= 11 is 5.90. The molecule has 3 aromatic rings. The summed E-state index contributed by atoms with van der Waals surface area (Å²) in [6.07, 6.45) is 0.492. The van der Waals surface area contributed by atoms with Gasteiger partial charge in [-0.15, -0.1) is 0 Å². The van der Waals surface area contributed by atoms with E-state index in [1.807, 2.05) is 6.07 Å². The maximum Gasteiger partial charge on any atom is 0.281 e. The Labute approximate surface area is 165 Å². The van der Waals surface area contributed by atoms with E-state index in [4.69, 9.17) is 26.3 Å². The minimum absolute atomic E-state index is 0.112. The molecule has 2 heterocycles. The van der Waals surface area contributed by atoms with Crippen molar-refractivity contribution in [2.24, 2.45) is 0 Å².